The largest absolute Gasteiger partial charge is 0.497 e. The summed E-state index contributed by atoms with van der Waals surface area (Å²) < 4.78 is 36.8. The second-order valence-corrected chi connectivity index (χ2v) is 21.4. The Morgan fingerprint density at radius 1 is 0.716 bits per heavy atom. The van der Waals surface area contributed by atoms with Gasteiger partial charge in [-0.05, 0) is 108 Å². The third-order valence-corrected chi connectivity index (χ3v) is 15.2. The molecule has 9 atom stereocenters. The Hall–Kier alpha value is -7.80. The van der Waals surface area contributed by atoms with Crippen molar-refractivity contribution in [1.29, 1.82) is 0 Å². The number of hydrogen-bond acceptors (Lipinski definition) is 14. The highest BCUT2D eigenvalue weighted by Gasteiger charge is 2.41. The number of rotatable bonds is 10. The molecule has 5 amide bonds. The van der Waals surface area contributed by atoms with Crippen LogP contribution in [0.5, 0.6) is 46.0 Å². The lowest BCUT2D eigenvalue weighted by molar-refractivity contribution is -0.136. The molecule has 81 heavy (non-hydrogen) atoms. The van der Waals surface area contributed by atoms with Gasteiger partial charge in [-0.15, -0.1) is 0 Å². The predicted molar refractivity (Wildman–Crippen MR) is 301 cm³/mol. The van der Waals surface area contributed by atoms with Crippen molar-refractivity contribution in [2.24, 2.45) is 11.8 Å². The number of amides is 5. The summed E-state index contributed by atoms with van der Waals surface area (Å²) >= 11 is 13.9. The van der Waals surface area contributed by atoms with E-state index in [0.29, 0.717) is 52.3 Å². The third-order valence-electron chi connectivity index (χ3n) is 14.6. The SMILES string of the molecule is [C-]#[N+]C[C@@H]1NC(=O)[C@H](NC(=O)[C@H](C)CC(C)C)[C@H](O)c2ccc(c(Cl)c2)Oc2cc3cc(c2OC)Oc2ccc(cc2Cl)[C@@H](O)[C@@H]2NC(=O)[C@H](c4ccc(OC)c(c4)-c4c(OC)cc(OC)cc4[C@@H](CC)NC2=O)N(C)C[C@@H]3NC1=O. The van der Waals surface area contributed by atoms with E-state index in [1.807, 2.05) is 20.8 Å². The maximum atomic E-state index is 15.5. The number of likely N-dealkylation sites (N-methyl/N-ethyl adjacent to an activating group) is 1. The van der Waals surface area contributed by atoms with Crippen LogP contribution in [0.15, 0.2) is 78.9 Å². The Morgan fingerprint density at radius 3 is 1.90 bits per heavy atom. The fraction of sp³-hybridized carbons (Fsp3) is 0.390. The second-order valence-electron chi connectivity index (χ2n) is 20.6. The highest BCUT2D eigenvalue weighted by Crippen LogP contribution is 2.49. The molecule has 0 unspecified atom stereocenters. The topological polar surface area (TPSA) is 249 Å². The third kappa shape index (κ3) is 12.6. The van der Waals surface area contributed by atoms with Crippen molar-refractivity contribution in [3.05, 3.63) is 128 Å². The minimum Gasteiger partial charge on any atom is -0.497 e. The molecular weight excluding hydrogens is 1090 g/mol. The van der Waals surface area contributed by atoms with Crippen molar-refractivity contribution in [2.75, 3.05) is 48.6 Å². The van der Waals surface area contributed by atoms with E-state index < -0.39 is 90.5 Å². The quantitative estimate of drug-likeness (QED) is 0.0659. The Bertz CT molecular complexity index is 3280. The van der Waals surface area contributed by atoms with Gasteiger partial charge in [-0.2, -0.15) is 0 Å². The molecule has 7 N–H and O–H groups in total. The van der Waals surface area contributed by atoms with Crippen LogP contribution in [0.2, 0.25) is 10.0 Å². The Morgan fingerprint density at radius 2 is 1.33 bits per heavy atom. The van der Waals surface area contributed by atoms with Gasteiger partial charge in [0.05, 0.1) is 50.6 Å². The number of hydrogen-bond donors (Lipinski definition) is 7. The molecule has 0 aliphatic carbocycles. The molecule has 5 aromatic rings. The summed E-state index contributed by atoms with van der Waals surface area (Å²) in [5, 5.41) is 38.5. The van der Waals surface area contributed by atoms with Gasteiger partial charge in [-0.1, -0.05) is 69.1 Å². The van der Waals surface area contributed by atoms with E-state index in [1.165, 1.54) is 64.8 Å². The zero-order chi connectivity index (χ0) is 58.6. The number of fused-ring (bicyclic) bond motifs is 15. The van der Waals surface area contributed by atoms with Crippen LogP contribution in [0.1, 0.15) is 98.7 Å². The number of nitrogens with one attached hydrogen (secondary N) is 5. The van der Waals surface area contributed by atoms with E-state index in [4.69, 9.17) is 58.2 Å². The first-order chi connectivity index (χ1) is 38.7. The van der Waals surface area contributed by atoms with E-state index in [0.717, 1.165) is 0 Å². The lowest BCUT2D eigenvalue weighted by Crippen LogP contribution is -2.57. The van der Waals surface area contributed by atoms with Crippen molar-refractivity contribution in [3.8, 4) is 57.1 Å². The van der Waals surface area contributed by atoms with Crippen molar-refractivity contribution in [3.63, 3.8) is 0 Å². The molecule has 0 radical (unpaired) electrons. The second kappa shape index (κ2) is 25.3. The minimum absolute atomic E-state index is 0.000735. The Balaban J connectivity index is 1.38. The number of ether oxygens (including phenoxy) is 6. The summed E-state index contributed by atoms with van der Waals surface area (Å²) in [7, 11) is 7.47. The molecule has 0 fully saturated rings. The first-order valence-electron chi connectivity index (χ1n) is 26.2. The molecule has 5 heterocycles. The number of carbonyl (C=O) groups excluding carboxylic acids is 5. The van der Waals surface area contributed by atoms with E-state index >= 15 is 9.59 Å². The lowest BCUT2D eigenvalue weighted by atomic mass is 9.88. The number of aliphatic hydroxyl groups excluding tert-OH is 2. The van der Waals surface area contributed by atoms with Crippen molar-refractivity contribution in [1.82, 2.24) is 31.5 Å². The van der Waals surface area contributed by atoms with E-state index in [-0.39, 0.29) is 67.9 Å². The van der Waals surface area contributed by atoms with Gasteiger partial charge in [0.25, 0.3) is 5.91 Å². The zero-order valence-corrected chi connectivity index (χ0v) is 47.7. The summed E-state index contributed by atoms with van der Waals surface area (Å²) in [6.45, 7) is 14.5. The Labute approximate surface area is 479 Å². The minimum atomic E-state index is -1.73. The molecule has 5 aliphatic rings. The number of nitrogens with zero attached hydrogens (tertiary/aromatic N) is 2. The van der Waals surface area contributed by atoms with Gasteiger partial charge in [0.2, 0.25) is 35.9 Å². The molecule has 11 bridgehead atoms. The van der Waals surface area contributed by atoms with Crippen LogP contribution in [0.4, 0.5) is 0 Å². The maximum absolute atomic E-state index is 15.5. The zero-order valence-electron chi connectivity index (χ0n) is 46.1. The number of benzene rings is 5. The summed E-state index contributed by atoms with van der Waals surface area (Å²) in [6, 6.07) is 12.0. The highest BCUT2D eigenvalue weighted by atomic mass is 35.5. The molecular formula is C59H65Cl2N7O13. The van der Waals surface area contributed by atoms with Crippen LogP contribution in [-0.4, -0.2) is 111 Å². The van der Waals surface area contributed by atoms with E-state index in [1.54, 1.807) is 61.3 Å². The molecule has 428 valence electrons. The first-order valence-corrected chi connectivity index (χ1v) is 27.0. The Kier molecular flexibility index (Phi) is 18.6. The standard InChI is InChI=1S/C59H65Cl2N7O13/c1-11-39-35-24-34(76-7)25-45(78-9)48(35)36-19-30(12-15-42(36)77-8)51-59(75)67-50(57(73)63-39)53(70)32-14-17-44(38(61)21-32)81-47-23-33-22-46(54(47)79-10)80-43-16-13-31(20-37(43)60)52(69)49(66-55(71)29(4)18-28(2)3)58(74)64-40(26-62-5)56(72)65-41(33)27-68(51)6/h12-17,19-25,28-29,39-41,49-53,69-70H,11,18,26-27H2,1-4,6-10H3,(H,63,73)(H,64,74)(H,65,72)(H,66,71)(H,67,75)/t29-,39-,40+,41+,49-,50+,51+,52-,53-/m1/s1. The number of halogens is 2. The van der Waals surface area contributed by atoms with Crippen molar-refractivity contribution in [2.45, 2.75) is 89.0 Å². The van der Waals surface area contributed by atoms with E-state index in [9.17, 15) is 24.6 Å². The molecule has 10 rings (SSSR count). The van der Waals surface area contributed by atoms with Crippen LogP contribution in [0, 0.1) is 18.4 Å². The number of carbonyl (C=O) groups is 5. The average molecular weight is 1150 g/mol. The van der Waals surface area contributed by atoms with Gasteiger partial charge < -0.3 is 70.1 Å². The smallest absolute Gasteiger partial charge is 0.250 e. The molecule has 5 aromatic carbocycles. The van der Waals surface area contributed by atoms with Gasteiger partial charge in [-0.25, -0.2) is 6.57 Å². The van der Waals surface area contributed by atoms with Crippen molar-refractivity contribution >= 4 is 52.7 Å². The number of aliphatic hydroxyl groups is 2. The van der Waals surface area contributed by atoms with Gasteiger partial charge in [-0.3, -0.25) is 28.9 Å². The number of methoxy groups -OCH3 is 4. The molecule has 0 saturated heterocycles. The predicted octanol–water partition coefficient (Wildman–Crippen LogP) is 7.84. The molecule has 22 heteroatoms. The highest BCUT2D eigenvalue weighted by molar-refractivity contribution is 6.32. The van der Waals surface area contributed by atoms with Crippen LogP contribution in [0.3, 0.4) is 0 Å². The normalized spacial score (nSPS) is 22.5. The molecule has 0 aromatic heterocycles. The van der Waals surface area contributed by atoms with Crippen LogP contribution >= 0.6 is 23.2 Å². The monoisotopic (exact) mass is 1150 g/mol. The fourth-order valence-electron chi connectivity index (χ4n) is 10.5. The van der Waals surface area contributed by atoms with Gasteiger partial charge >= 0.3 is 0 Å². The van der Waals surface area contributed by atoms with Gasteiger partial charge in [0.15, 0.2) is 17.5 Å². The van der Waals surface area contributed by atoms with Crippen LogP contribution in [-0.2, 0) is 24.0 Å². The van der Waals surface area contributed by atoms with Crippen molar-refractivity contribution < 1.29 is 62.6 Å². The summed E-state index contributed by atoms with van der Waals surface area (Å²) in [4.78, 5) is 78.8. The molecule has 20 nitrogen and oxygen atoms in total. The fourth-order valence-corrected chi connectivity index (χ4v) is 11.0. The summed E-state index contributed by atoms with van der Waals surface area (Å²) in [6.07, 6.45) is -2.66. The van der Waals surface area contributed by atoms with E-state index in [2.05, 4.69) is 31.4 Å². The molecule has 5 aliphatic heterocycles. The molecule has 0 spiro atoms. The lowest BCUT2D eigenvalue weighted by Gasteiger charge is -2.35. The van der Waals surface area contributed by atoms with Gasteiger partial charge in [0, 0.05) is 29.7 Å². The maximum Gasteiger partial charge on any atom is 0.250 e. The summed E-state index contributed by atoms with van der Waals surface area (Å²) in [5.41, 5.74) is 2.43. The van der Waals surface area contributed by atoms with Crippen LogP contribution in [0.25, 0.3) is 16.0 Å². The van der Waals surface area contributed by atoms with Crippen LogP contribution < -0.4 is 55.0 Å². The average Bonchev–Trinajstić information content (AvgIpc) is 3.46. The summed E-state index contributed by atoms with van der Waals surface area (Å²) in [5.74, 6) is -3.12. The molecule has 0 saturated carbocycles. The first kappa shape index (κ1) is 59.3. The van der Waals surface area contributed by atoms with Gasteiger partial charge in [0.1, 0.15) is 59.1 Å².